The molecule has 0 fully saturated rings. The predicted molar refractivity (Wildman–Crippen MR) is 79.5 cm³/mol. The molecule has 19 heavy (non-hydrogen) atoms. The van der Waals surface area contributed by atoms with Crippen LogP contribution >= 0.6 is 0 Å². The van der Waals surface area contributed by atoms with Gasteiger partial charge in [0.25, 0.3) is 0 Å². The van der Waals surface area contributed by atoms with Crippen LogP contribution in [0.15, 0.2) is 54.6 Å². The van der Waals surface area contributed by atoms with E-state index in [0.29, 0.717) is 12.3 Å². The van der Waals surface area contributed by atoms with Gasteiger partial charge in [-0.1, -0.05) is 30.3 Å². The number of anilines is 1. The number of benzene rings is 2. The fourth-order valence-electron chi connectivity index (χ4n) is 2.10. The molecule has 0 bridgehead atoms. The third-order valence-electron chi connectivity index (χ3n) is 3.13. The second kappa shape index (κ2) is 6.81. The fourth-order valence-corrected chi connectivity index (χ4v) is 2.10. The SMILES string of the molecule is NCCN(CCc1ccccc1)c1ccc(O)cc1. The van der Waals surface area contributed by atoms with E-state index in [1.54, 1.807) is 12.1 Å². The van der Waals surface area contributed by atoms with Crippen molar-refractivity contribution >= 4 is 5.69 Å². The van der Waals surface area contributed by atoms with Gasteiger partial charge in [0.05, 0.1) is 0 Å². The third kappa shape index (κ3) is 4.00. The number of nitrogens with zero attached hydrogens (tertiary/aromatic N) is 1. The van der Waals surface area contributed by atoms with Crippen molar-refractivity contribution in [2.75, 3.05) is 24.5 Å². The molecule has 0 unspecified atom stereocenters. The third-order valence-corrected chi connectivity index (χ3v) is 3.13. The van der Waals surface area contributed by atoms with E-state index in [9.17, 15) is 5.11 Å². The number of rotatable bonds is 6. The molecule has 3 nitrogen and oxygen atoms in total. The molecular formula is C16H20N2O. The van der Waals surface area contributed by atoms with Crippen LogP contribution in [0.5, 0.6) is 5.75 Å². The van der Waals surface area contributed by atoms with Crippen LogP contribution in [0.2, 0.25) is 0 Å². The lowest BCUT2D eigenvalue weighted by Gasteiger charge is -2.24. The van der Waals surface area contributed by atoms with E-state index in [1.165, 1.54) is 5.56 Å². The molecule has 2 aromatic carbocycles. The molecule has 0 spiro atoms. The van der Waals surface area contributed by atoms with Gasteiger partial charge < -0.3 is 15.7 Å². The minimum atomic E-state index is 0.291. The van der Waals surface area contributed by atoms with E-state index in [2.05, 4.69) is 29.2 Å². The van der Waals surface area contributed by atoms with Crippen LogP contribution in [0, 0.1) is 0 Å². The van der Waals surface area contributed by atoms with Crippen LogP contribution in [-0.2, 0) is 6.42 Å². The van der Waals surface area contributed by atoms with Crippen LogP contribution < -0.4 is 10.6 Å². The number of hydrogen-bond donors (Lipinski definition) is 2. The van der Waals surface area contributed by atoms with Gasteiger partial charge in [0, 0.05) is 25.3 Å². The van der Waals surface area contributed by atoms with Crippen molar-refractivity contribution in [1.82, 2.24) is 0 Å². The molecule has 0 aromatic heterocycles. The summed E-state index contributed by atoms with van der Waals surface area (Å²) in [5.74, 6) is 0.291. The zero-order valence-electron chi connectivity index (χ0n) is 11.0. The van der Waals surface area contributed by atoms with Gasteiger partial charge in [-0.05, 0) is 36.2 Å². The Morgan fingerprint density at radius 1 is 0.895 bits per heavy atom. The highest BCUT2D eigenvalue weighted by Gasteiger charge is 2.05. The standard InChI is InChI=1S/C16H20N2O/c17-11-13-18(15-6-8-16(19)9-7-15)12-10-14-4-2-1-3-5-14/h1-9,19H,10-13,17H2. The highest BCUT2D eigenvalue weighted by atomic mass is 16.3. The van der Waals surface area contributed by atoms with E-state index >= 15 is 0 Å². The second-order valence-corrected chi connectivity index (χ2v) is 4.53. The van der Waals surface area contributed by atoms with E-state index in [-0.39, 0.29) is 0 Å². The van der Waals surface area contributed by atoms with Crippen molar-refractivity contribution < 1.29 is 5.11 Å². The lowest BCUT2D eigenvalue weighted by Crippen LogP contribution is -2.31. The predicted octanol–water partition coefficient (Wildman–Crippen LogP) is 2.40. The van der Waals surface area contributed by atoms with Gasteiger partial charge in [-0.3, -0.25) is 0 Å². The summed E-state index contributed by atoms with van der Waals surface area (Å²) in [5.41, 5.74) is 8.09. The Morgan fingerprint density at radius 3 is 2.21 bits per heavy atom. The van der Waals surface area contributed by atoms with Crippen molar-refractivity contribution in [3.63, 3.8) is 0 Å². The van der Waals surface area contributed by atoms with Gasteiger partial charge in [-0.15, -0.1) is 0 Å². The maximum atomic E-state index is 9.33. The first-order valence-corrected chi connectivity index (χ1v) is 6.57. The normalized spacial score (nSPS) is 10.4. The lowest BCUT2D eigenvalue weighted by atomic mass is 10.1. The monoisotopic (exact) mass is 256 g/mol. The molecule has 3 N–H and O–H groups in total. The van der Waals surface area contributed by atoms with E-state index in [4.69, 9.17) is 5.73 Å². The molecular weight excluding hydrogens is 236 g/mol. The molecule has 0 heterocycles. The minimum absolute atomic E-state index is 0.291. The molecule has 0 atom stereocenters. The summed E-state index contributed by atoms with van der Waals surface area (Å²) in [6.07, 6.45) is 0.988. The molecule has 3 heteroatoms. The van der Waals surface area contributed by atoms with Crippen molar-refractivity contribution in [3.8, 4) is 5.75 Å². The second-order valence-electron chi connectivity index (χ2n) is 4.53. The van der Waals surface area contributed by atoms with Crippen molar-refractivity contribution in [1.29, 1.82) is 0 Å². The lowest BCUT2D eigenvalue weighted by molar-refractivity contribution is 0.475. The van der Waals surface area contributed by atoms with Crippen LogP contribution in [-0.4, -0.2) is 24.7 Å². The minimum Gasteiger partial charge on any atom is -0.508 e. The summed E-state index contributed by atoms with van der Waals surface area (Å²) < 4.78 is 0. The largest absolute Gasteiger partial charge is 0.508 e. The maximum Gasteiger partial charge on any atom is 0.115 e. The summed E-state index contributed by atoms with van der Waals surface area (Å²) >= 11 is 0. The first-order valence-electron chi connectivity index (χ1n) is 6.57. The van der Waals surface area contributed by atoms with Gasteiger partial charge in [0.2, 0.25) is 0 Å². The molecule has 0 aliphatic carbocycles. The summed E-state index contributed by atoms with van der Waals surface area (Å²) in [5, 5.41) is 9.33. The summed E-state index contributed by atoms with van der Waals surface area (Å²) in [6.45, 7) is 2.36. The van der Waals surface area contributed by atoms with Gasteiger partial charge in [0.15, 0.2) is 0 Å². The Morgan fingerprint density at radius 2 is 1.58 bits per heavy atom. The molecule has 0 saturated heterocycles. The molecule has 0 amide bonds. The van der Waals surface area contributed by atoms with Crippen LogP contribution in [0.1, 0.15) is 5.56 Å². The van der Waals surface area contributed by atoms with Gasteiger partial charge in [-0.25, -0.2) is 0 Å². The Labute approximate surface area is 114 Å². The van der Waals surface area contributed by atoms with Crippen LogP contribution in [0.4, 0.5) is 5.69 Å². The number of phenols is 1. The molecule has 0 aliphatic rings. The van der Waals surface area contributed by atoms with E-state index in [0.717, 1.165) is 25.2 Å². The smallest absolute Gasteiger partial charge is 0.115 e. The van der Waals surface area contributed by atoms with Crippen molar-refractivity contribution in [2.24, 2.45) is 5.73 Å². The molecule has 0 aliphatic heterocycles. The van der Waals surface area contributed by atoms with E-state index < -0.39 is 0 Å². The molecule has 0 radical (unpaired) electrons. The van der Waals surface area contributed by atoms with Crippen LogP contribution in [0.25, 0.3) is 0 Å². The van der Waals surface area contributed by atoms with E-state index in [1.807, 2.05) is 18.2 Å². The Bertz CT molecular complexity index is 482. The summed E-state index contributed by atoms with van der Waals surface area (Å²) in [4.78, 5) is 2.24. The number of nitrogens with two attached hydrogens (primary N) is 1. The molecule has 100 valence electrons. The molecule has 2 aromatic rings. The topological polar surface area (TPSA) is 49.5 Å². The number of aromatic hydroxyl groups is 1. The number of phenolic OH excluding ortho intramolecular Hbond substituents is 1. The van der Waals surface area contributed by atoms with Gasteiger partial charge in [-0.2, -0.15) is 0 Å². The molecule has 2 rings (SSSR count). The van der Waals surface area contributed by atoms with Crippen molar-refractivity contribution in [2.45, 2.75) is 6.42 Å². The Hall–Kier alpha value is -2.00. The first-order chi connectivity index (χ1) is 9.29. The Kier molecular flexibility index (Phi) is 4.81. The quantitative estimate of drug-likeness (QED) is 0.834. The highest BCUT2D eigenvalue weighted by molar-refractivity contribution is 5.49. The summed E-state index contributed by atoms with van der Waals surface area (Å²) in [7, 11) is 0. The average molecular weight is 256 g/mol. The van der Waals surface area contributed by atoms with Crippen molar-refractivity contribution in [3.05, 3.63) is 60.2 Å². The first kappa shape index (κ1) is 13.4. The van der Waals surface area contributed by atoms with Crippen LogP contribution in [0.3, 0.4) is 0 Å². The fraction of sp³-hybridized carbons (Fsp3) is 0.250. The number of hydrogen-bond acceptors (Lipinski definition) is 3. The average Bonchev–Trinajstić information content (AvgIpc) is 2.46. The zero-order chi connectivity index (χ0) is 13.5. The summed E-state index contributed by atoms with van der Waals surface area (Å²) in [6, 6.07) is 17.7. The van der Waals surface area contributed by atoms with Gasteiger partial charge in [0.1, 0.15) is 5.75 Å². The maximum absolute atomic E-state index is 9.33. The van der Waals surface area contributed by atoms with Gasteiger partial charge >= 0.3 is 0 Å². The highest BCUT2D eigenvalue weighted by Crippen LogP contribution is 2.18. The molecule has 0 saturated carbocycles. The Balaban J connectivity index is 2.02. The zero-order valence-corrected chi connectivity index (χ0v) is 11.0.